The van der Waals surface area contributed by atoms with Crippen molar-refractivity contribution in [2.45, 2.75) is 64.2 Å². The lowest BCUT2D eigenvalue weighted by Crippen LogP contribution is -2.05. The van der Waals surface area contributed by atoms with Gasteiger partial charge in [-0.1, -0.05) is 63.1 Å². The Hall–Kier alpha value is -0.370. The lowest BCUT2D eigenvalue weighted by Gasteiger charge is -2.20. The second-order valence-corrected chi connectivity index (χ2v) is 6.17. The van der Waals surface area contributed by atoms with Crippen molar-refractivity contribution >= 4 is 11.8 Å². The molecule has 1 radical (unpaired) electrons. The Labute approximate surface area is 110 Å². The first kappa shape index (κ1) is 13.1. The number of allylic oxidation sites excluding steroid dienone is 1. The molecule has 1 aliphatic heterocycles. The number of nitrogens with zero attached hydrogens (tertiary/aromatic N) is 1. The average Bonchev–Trinajstić information content (AvgIpc) is 2.45. The first-order valence-corrected chi connectivity index (χ1v) is 8.06. The molecule has 1 heterocycles. The molecule has 0 aromatic rings. The van der Waals surface area contributed by atoms with Crippen LogP contribution in [0.3, 0.4) is 0 Å². The topological polar surface area (TPSA) is 14.1 Å². The number of thioether (sulfide) groups is 1. The van der Waals surface area contributed by atoms with Gasteiger partial charge in [-0.05, 0) is 24.2 Å². The van der Waals surface area contributed by atoms with E-state index < -0.39 is 0 Å². The van der Waals surface area contributed by atoms with Gasteiger partial charge in [0, 0.05) is 17.3 Å². The van der Waals surface area contributed by atoms with Crippen molar-refractivity contribution in [1.29, 1.82) is 0 Å². The Morgan fingerprint density at radius 2 is 1.47 bits per heavy atom. The zero-order chi connectivity index (χ0) is 11.8. The highest BCUT2D eigenvalue weighted by Gasteiger charge is 2.16. The standard InChI is InChI=1S/C15H24NS/c1-2-4-6-8-10-14(9-7-5-3-1)15-13-16-11-12-17-15/h11-14H,1-10H2. The molecule has 2 heteroatoms. The van der Waals surface area contributed by atoms with Gasteiger partial charge in [-0.3, -0.25) is 5.32 Å². The van der Waals surface area contributed by atoms with Crippen molar-refractivity contribution in [3.63, 3.8) is 0 Å². The number of hydrogen-bond acceptors (Lipinski definition) is 1. The molecule has 0 aromatic carbocycles. The lowest BCUT2D eigenvalue weighted by atomic mass is 9.95. The smallest absolute Gasteiger partial charge is 0.0369 e. The van der Waals surface area contributed by atoms with E-state index in [2.05, 4.69) is 16.9 Å². The lowest BCUT2D eigenvalue weighted by molar-refractivity contribution is 0.481. The zero-order valence-corrected chi connectivity index (χ0v) is 11.6. The maximum atomic E-state index is 4.28. The van der Waals surface area contributed by atoms with Crippen LogP contribution in [0.2, 0.25) is 0 Å². The third-order valence-electron chi connectivity index (χ3n) is 3.81. The van der Waals surface area contributed by atoms with Gasteiger partial charge in [-0.15, -0.1) is 0 Å². The van der Waals surface area contributed by atoms with Crippen LogP contribution in [0.25, 0.3) is 0 Å². The molecule has 0 spiro atoms. The second-order valence-electron chi connectivity index (χ2n) is 5.19. The van der Waals surface area contributed by atoms with E-state index in [0.717, 1.165) is 5.92 Å². The van der Waals surface area contributed by atoms with Crippen LogP contribution in [0.1, 0.15) is 64.2 Å². The van der Waals surface area contributed by atoms with Crippen LogP contribution >= 0.6 is 11.8 Å². The zero-order valence-electron chi connectivity index (χ0n) is 10.7. The molecule has 1 aliphatic carbocycles. The van der Waals surface area contributed by atoms with Crippen LogP contribution < -0.4 is 5.32 Å². The molecule has 0 aromatic heterocycles. The van der Waals surface area contributed by atoms with Crippen LogP contribution in [0.15, 0.2) is 22.7 Å². The van der Waals surface area contributed by atoms with E-state index in [9.17, 15) is 0 Å². The van der Waals surface area contributed by atoms with Gasteiger partial charge in [0.05, 0.1) is 0 Å². The van der Waals surface area contributed by atoms with Crippen molar-refractivity contribution in [3.8, 4) is 0 Å². The van der Waals surface area contributed by atoms with Gasteiger partial charge >= 0.3 is 0 Å². The largest absolute Gasteiger partial charge is 0.263 e. The van der Waals surface area contributed by atoms with Crippen LogP contribution in [0, 0.1) is 5.92 Å². The quantitative estimate of drug-likeness (QED) is 0.625. The maximum Gasteiger partial charge on any atom is 0.0369 e. The van der Waals surface area contributed by atoms with Crippen LogP contribution in [-0.4, -0.2) is 0 Å². The predicted molar refractivity (Wildman–Crippen MR) is 76.6 cm³/mol. The summed E-state index contributed by atoms with van der Waals surface area (Å²) in [5.74, 6) is 0.784. The SMILES string of the molecule is C1=CSC(C2CCCCCCCCCC2)=C[N]1. The minimum Gasteiger partial charge on any atom is -0.263 e. The average molecular weight is 250 g/mol. The summed E-state index contributed by atoms with van der Waals surface area (Å²) >= 11 is 1.89. The maximum absolute atomic E-state index is 4.28. The first-order valence-electron chi connectivity index (χ1n) is 7.18. The summed E-state index contributed by atoms with van der Waals surface area (Å²) in [6.45, 7) is 0. The summed E-state index contributed by atoms with van der Waals surface area (Å²) < 4.78 is 0. The number of hydrogen-bond donors (Lipinski definition) is 0. The molecule has 2 rings (SSSR count). The van der Waals surface area contributed by atoms with E-state index in [4.69, 9.17) is 0 Å². The molecular formula is C15H24NS. The van der Waals surface area contributed by atoms with Crippen molar-refractivity contribution in [1.82, 2.24) is 5.32 Å². The summed E-state index contributed by atoms with van der Waals surface area (Å²) in [5, 5.41) is 6.41. The summed E-state index contributed by atoms with van der Waals surface area (Å²) in [7, 11) is 0. The molecule has 0 bridgehead atoms. The van der Waals surface area contributed by atoms with E-state index in [1.165, 1.54) is 69.1 Å². The van der Waals surface area contributed by atoms with Crippen LogP contribution in [0.4, 0.5) is 0 Å². The molecule has 1 nitrogen and oxygen atoms in total. The van der Waals surface area contributed by atoms with Crippen LogP contribution in [-0.2, 0) is 0 Å². The van der Waals surface area contributed by atoms with Gasteiger partial charge in [0.25, 0.3) is 0 Å². The van der Waals surface area contributed by atoms with Crippen molar-refractivity contribution in [2.75, 3.05) is 0 Å². The highest BCUT2D eigenvalue weighted by Crippen LogP contribution is 2.34. The van der Waals surface area contributed by atoms with Crippen molar-refractivity contribution in [3.05, 3.63) is 22.7 Å². The van der Waals surface area contributed by atoms with E-state index in [-0.39, 0.29) is 0 Å². The Kier molecular flexibility index (Phi) is 6.04. The van der Waals surface area contributed by atoms with Gasteiger partial charge in [-0.2, -0.15) is 0 Å². The summed E-state index contributed by atoms with van der Waals surface area (Å²) in [6, 6.07) is 0. The van der Waals surface area contributed by atoms with Gasteiger partial charge in [0.15, 0.2) is 0 Å². The fourth-order valence-corrected chi connectivity index (χ4v) is 3.60. The monoisotopic (exact) mass is 250 g/mol. The van der Waals surface area contributed by atoms with E-state index in [0.29, 0.717) is 0 Å². The highest BCUT2D eigenvalue weighted by molar-refractivity contribution is 8.05. The van der Waals surface area contributed by atoms with Gasteiger partial charge < -0.3 is 0 Å². The Morgan fingerprint density at radius 3 is 2.00 bits per heavy atom. The fourth-order valence-electron chi connectivity index (χ4n) is 2.76. The molecule has 1 fully saturated rings. The third kappa shape index (κ3) is 4.79. The summed E-state index contributed by atoms with van der Waals surface area (Å²) in [5.41, 5.74) is 0. The normalized spacial score (nSPS) is 24.6. The molecule has 0 N–H and O–H groups in total. The first-order chi connectivity index (χ1) is 8.47. The summed E-state index contributed by atoms with van der Waals surface area (Å²) in [4.78, 5) is 1.51. The third-order valence-corrected chi connectivity index (χ3v) is 4.78. The molecular weight excluding hydrogens is 226 g/mol. The second kappa shape index (κ2) is 7.86. The minimum absolute atomic E-state index is 0.784. The molecule has 1 saturated carbocycles. The fraction of sp³-hybridized carbons (Fsp3) is 0.733. The highest BCUT2D eigenvalue weighted by atomic mass is 32.2. The van der Waals surface area contributed by atoms with E-state index >= 15 is 0 Å². The Morgan fingerprint density at radius 1 is 0.882 bits per heavy atom. The predicted octanol–water partition coefficient (Wildman–Crippen LogP) is 5.18. The molecule has 0 amide bonds. The molecule has 0 saturated heterocycles. The molecule has 0 atom stereocenters. The molecule has 2 aliphatic rings. The Balaban J connectivity index is 1.85. The molecule has 95 valence electrons. The van der Waals surface area contributed by atoms with Gasteiger partial charge in [0.1, 0.15) is 0 Å². The molecule has 17 heavy (non-hydrogen) atoms. The van der Waals surface area contributed by atoms with Crippen molar-refractivity contribution < 1.29 is 0 Å². The minimum atomic E-state index is 0.784. The summed E-state index contributed by atoms with van der Waals surface area (Å²) in [6.07, 6.45) is 18.2. The van der Waals surface area contributed by atoms with Crippen LogP contribution in [0.5, 0.6) is 0 Å². The Bertz CT molecular complexity index is 258. The van der Waals surface area contributed by atoms with Gasteiger partial charge in [-0.25, -0.2) is 0 Å². The van der Waals surface area contributed by atoms with E-state index in [1.54, 1.807) is 0 Å². The molecule has 0 unspecified atom stereocenters. The number of rotatable bonds is 1. The van der Waals surface area contributed by atoms with E-state index in [1.807, 2.05) is 18.0 Å². The van der Waals surface area contributed by atoms with Gasteiger partial charge in [0.2, 0.25) is 0 Å². The van der Waals surface area contributed by atoms with Crippen molar-refractivity contribution in [2.24, 2.45) is 5.92 Å².